The van der Waals surface area contributed by atoms with Crippen LogP contribution in [0.4, 0.5) is 19.0 Å². The highest BCUT2D eigenvalue weighted by Crippen LogP contribution is 2.31. The lowest BCUT2D eigenvalue weighted by Crippen LogP contribution is -2.42. The number of hydrogen-bond donors (Lipinski definition) is 0. The summed E-state index contributed by atoms with van der Waals surface area (Å²) in [7, 11) is 0. The molecule has 0 amide bonds. The Labute approximate surface area is 154 Å². The summed E-state index contributed by atoms with van der Waals surface area (Å²) < 4.78 is 43.6. The van der Waals surface area contributed by atoms with Crippen LogP contribution in [0.3, 0.4) is 0 Å². The maximum absolute atomic E-state index is 12.6. The van der Waals surface area contributed by atoms with Crippen molar-refractivity contribution < 1.29 is 17.9 Å². The number of ether oxygens (including phenoxy) is 1. The second-order valence-electron chi connectivity index (χ2n) is 6.02. The molecule has 0 radical (unpaired) electrons. The van der Waals surface area contributed by atoms with E-state index in [0.29, 0.717) is 23.8 Å². The van der Waals surface area contributed by atoms with Gasteiger partial charge in [0.2, 0.25) is 5.88 Å². The molecule has 1 aliphatic rings. The Kier molecular flexibility index (Phi) is 5.50. The van der Waals surface area contributed by atoms with E-state index in [9.17, 15) is 13.2 Å². The minimum absolute atomic E-state index is 0.174. The van der Waals surface area contributed by atoms with Gasteiger partial charge in [-0.3, -0.25) is 0 Å². The van der Waals surface area contributed by atoms with Crippen LogP contribution in [0.2, 0.25) is 5.02 Å². The van der Waals surface area contributed by atoms with Gasteiger partial charge in [0.1, 0.15) is 17.5 Å². The first-order valence-electron chi connectivity index (χ1n) is 8.32. The van der Waals surface area contributed by atoms with Gasteiger partial charge in [0.15, 0.2) is 5.82 Å². The molecule has 140 valence electrons. The molecule has 1 atom stereocenters. The summed E-state index contributed by atoms with van der Waals surface area (Å²) in [5.74, 6) is 0.833. The van der Waals surface area contributed by atoms with Crippen LogP contribution in [0, 0.1) is 0 Å². The summed E-state index contributed by atoms with van der Waals surface area (Å²) in [5, 5.41) is 0.531. The molecule has 5 nitrogen and oxygen atoms in total. The molecule has 9 heteroatoms. The predicted octanol–water partition coefficient (Wildman–Crippen LogP) is 4.15. The van der Waals surface area contributed by atoms with Crippen molar-refractivity contribution in [1.29, 1.82) is 0 Å². The molecule has 0 aromatic carbocycles. The van der Waals surface area contributed by atoms with Gasteiger partial charge in [0.25, 0.3) is 0 Å². The molecule has 0 saturated carbocycles. The minimum Gasteiger partial charge on any atom is -0.472 e. The fourth-order valence-electron chi connectivity index (χ4n) is 2.88. The highest BCUT2D eigenvalue weighted by atomic mass is 35.5. The Balaban J connectivity index is 1.69. The highest BCUT2D eigenvalue weighted by molar-refractivity contribution is 6.33. The molecule has 1 aliphatic heterocycles. The second kappa shape index (κ2) is 7.65. The molecule has 0 N–H and O–H groups in total. The number of halogens is 4. The van der Waals surface area contributed by atoms with Crippen molar-refractivity contribution in [1.82, 2.24) is 15.0 Å². The standard InChI is InChI=1S/C17H18ClF3N4O/c1-2-13-15(18)16(24-10-23-13)25-7-3-4-12(9-25)26-14-6-5-11(8-22-14)17(19,20)21/h5-6,8,10,12H,2-4,7,9H2,1H3. The van der Waals surface area contributed by atoms with E-state index in [0.717, 1.165) is 37.3 Å². The first kappa shape index (κ1) is 18.7. The van der Waals surface area contributed by atoms with Crippen LogP contribution in [0.5, 0.6) is 5.88 Å². The molecule has 2 aromatic heterocycles. The lowest BCUT2D eigenvalue weighted by Gasteiger charge is -2.34. The van der Waals surface area contributed by atoms with Crippen LogP contribution >= 0.6 is 11.6 Å². The Morgan fingerprint density at radius 1 is 1.27 bits per heavy atom. The molecular formula is C17H18ClF3N4O. The quantitative estimate of drug-likeness (QED) is 0.790. The van der Waals surface area contributed by atoms with Crippen molar-refractivity contribution in [2.75, 3.05) is 18.0 Å². The fourth-order valence-corrected chi connectivity index (χ4v) is 3.23. The Morgan fingerprint density at radius 2 is 2.08 bits per heavy atom. The van der Waals surface area contributed by atoms with Crippen molar-refractivity contribution >= 4 is 17.4 Å². The van der Waals surface area contributed by atoms with E-state index >= 15 is 0 Å². The van der Waals surface area contributed by atoms with Crippen LogP contribution in [-0.2, 0) is 12.6 Å². The summed E-state index contributed by atoms with van der Waals surface area (Å²) in [4.78, 5) is 14.2. The van der Waals surface area contributed by atoms with Gasteiger partial charge < -0.3 is 9.64 Å². The van der Waals surface area contributed by atoms with Crippen molar-refractivity contribution in [3.8, 4) is 5.88 Å². The molecule has 0 aliphatic carbocycles. The second-order valence-corrected chi connectivity index (χ2v) is 6.40. The van der Waals surface area contributed by atoms with Crippen LogP contribution in [0.15, 0.2) is 24.7 Å². The van der Waals surface area contributed by atoms with Gasteiger partial charge in [-0.25, -0.2) is 15.0 Å². The summed E-state index contributed by atoms with van der Waals surface area (Å²) in [6.45, 7) is 3.28. The van der Waals surface area contributed by atoms with Gasteiger partial charge >= 0.3 is 6.18 Å². The third-order valence-corrected chi connectivity index (χ3v) is 4.59. The summed E-state index contributed by atoms with van der Waals surface area (Å²) in [6, 6.07) is 2.21. The highest BCUT2D eigenvalue weighted by Gasteiger charge is 2.31. The van der Waals surface area contributed by atoms with E-state index in [-0.39, 0.29) is 12.0 Å². The monoisotopic (exact) mass is 386 g/mol. The number of pyridine rings is 1. The number of hydrogen-bond acceptors (Lipinski definition) is 5. The number of anilines is 1. The lowest BCUT2D eigenvalue weighted by atomic mass is 10.1. The number of piperidine rings is 1. The number of nitrogens with zero attached hydrogens (tertiary/aromatic N) is 4. The predicted molar refractivity (Wildman–Crippen MR) is 91.5 cm³/mol. The number of alkyl halides is 3. The SMILES string of the molecule is CCc1ncnc(N2CCCC(Oc3ccc(C(F)(F)F)cn3)C2)c1Cl. The lowest BCUT2D eigenvalue weighted by molar-refractivity contribution is -0.137. The molecule has 3 rings (SSSR count). The first-order chi connectivity index (χ1) is 12.4. The Bertz CT molecular complexity index is 755. The molecule has 1 unspecified atom stereocenters. The third-order valence-electron chi connectivity index (χ3n) is 4.21. The van der Waals surface area contributed by atoms with Crippen LogP contribution < -0.4 is 9.64 Å². The normalized spacial score (nSPS) is 18.0. The molecule has 1 saturated heterocycles. The zero-order valence-electron chi connectivity index (χ0n) is 14.1. The number of rotatable bonds is 4. The summed E-state index contributed by atoms with van der Waals surface area (Å²) >= 11 is 6.38. The molecule has 1 fully saturated rings. The minimum atomic E-state index is -4.41. The van der Waals surface area contributed by atoms with E-state index in [1.807, 2.05) is 11.8 Å². The van der Waals surface area contributed by atoms with E-state index < -0.39 is 11.7 Å². The van der Waals surface area contributed by atoms with Gasteiger partial charge in [-0.05, 0) is 25.3 Å². The van der Waals surface area contributed by atoms with Crippen molar-refractivity contribution in [2.24, 2.45) is 0 Å². The number of aromatic nitrogens is 3. The Hall–Kier alpha value is -2.09. The number of aryl methyl sites for hydroxylation is 1. The maximum Gasteiger partial charge on any atom is 0.417 e. The largest absolute Gasteiger partial charge is 0.472 e. The zero-order chi connectivity index (χ0) is 18.7. The zero-order valence-corrected chi connectivity index (χ0v) is 14.9. The molecule has 0 spiro atoms. The van der Waals surface area contributed by atoms with Crippen molar-refractivity contribution in [2.45, 2.75) is 38.5 Å². The van der Waals surface area contributed by atoms with E-state index in [4.69, 9.17) is 16.3 Å². The average Bonchev–Trinajstić information content (AvgIpc) is 2.62. The third kappa shape index (κ3) is 4.17. The maximum atomic E-state index is 12.6. The molecule has 0 bridgehead atoms. The molecule has 2 aromatic rings. The van der Waals surface area contributed by atoms with Gasteiger partial charge in [-0.15, -0.1) is 0 Å². The van der Waals surface area contributed by atoms with E-state index in [1.165, 1.54) is 12.4 Å². The average molecular weight is 387 g/mol. The molecular weight excluding hydrogens is 369 g/mol. The first-order valence-corrected chi connectivity index (χ1v) is 8.70. The van der Waals surface area contributed by atoms with E-state index in [2.05, 4.69) is 15.0 Å². The molecule has 26 heavy (non-hydrogen) atoms. The summed E-state index contributed by atoms with van der Waals surface area (Å²) in [5.41, 5.74) is -0.0147. The smallest absolute Gasteiger partial charge is 0.417 e. The molecule has 3 heterocycles. The summed E-state index contributed by atoms with van der Waals surface area (Å²) in [6.07, 6.45) is -0.00234. The van der Waals surface area contributed by atoms with Gasteiger partial charge in [0, 0.05) is 18.8 Å². The Morgan fingerprint density at radius 3 is 2.73 bits per heavy atom. The van der Waals surface area contributed by atoms with Crippen molar-refractivity contribution in [3.05, 3.63) is 40.9 Å². The van der Waals surface area contributed by atoms with Gasteiger partial charge in [-0.2, -0.15) is 13.2 Å². The van der Waals surface area contributed by atoms with Crippen molar-refractivity contribution in [3.63, 3.8) is 0 Å². The van der Waals surface area contributed by atoms with Gasteiger partial charge in [0.05, 0.1) is 17.8 Å². The van der Waals surface area contributed by atoms with Crippen LogP contribution in [0.1, 0.15) is 31.0 Å². The van der Waals surface area contributed by atoms with Gasteiger partial charge in [-0.1, -0.05) is 18.5 Å². The fraction of sp³-hybridized carbons (Fsp3) is 0.471. The van der Waals surface area contributed by atoms with E-state index in [1.54, 1.807) is 0 Å². The van der Waals surface area contributed by atoms with Crippen LogP contribution in [-0.4, -0.2) is 34.1 Å². The topological polar surface area (TPSA) is 51.1 Å². The van der Waals surface area contributed by atoms with Crippen LogP contribution in [0.25, 0.3) is 0 Å².